The lowest BCUT2D eigenvalue weighted by atomic mass is 9.84. The average Bonchev–Trinajstić information content (AvgIpc) is 3.22. The number of H-pyrrole nitrogens is 1. The Kier molecular flexibility index (Phi) is 4.41. The topological polar surface area (TPSA) is 53.6 Å². The van der Waals surface area contributed by atoms with Gasteiger partial charge in [0.25, 0.3) is 0 Å². The molecule has 0 spiro atoms. The largest absolute Gasteiger partial charge is 0.342 e. The van der Waals surface area contributed by atoms with E-state index in [-0.39, 0.29) is 0 Å². The van der Waals surface area contributed by atoms with E-state index in [1.165, 1.54) is 16.7 Å². The van der Waals surface area contributed by atoms with Crippen LogP contribution in [0.4, 0.5) is 0 Å². The van der Waals surface area contributed by atoms with Crippen LogP contribution in [0.2, 0.25) is 0 Å². The van der Waals surface area contributed by atoms with Crippen molar-refractivity contribution in [2.24, 2.45) is 0 Å². The second kappa shape index (κ2) is 7.21. The zero-order valence-corrected chi connectivity index (χ0v) is 16.0. The van der Waals surface area contributed by atoms with Gasteiger partial charge in [-0.15, -0.1) is 0 Å². The third-order valence-electron chi connectivity index (χ3n) is 5.77. The molecular weight excluding hydrogens is 344 g/mol. The summed E-state index contributed by atoms with van der Waals surface area (Å²) in [6.07, 6.45) is 5.84. The molecule has 3 atom stereocenters. The molecule has 1 saturated heterocycles. The van der Waals surface area contributed by atoms with Gasteiger partial charge in [-0.25, -0.2) is 4.98 Å². The molecule has 2 aromatic rings. The molecule has 0 saturated carbocycles. The lowest BCUT2D eigenvalue weighted by Crippen LogP contribution is -2.38. The molecule has 28 heavy (non-hydrogen) atoms. The van der Waals surface area contributed by atoms with E-state index in [1.54, 1.807) is 0 Å². The highest BCUT2D eigenvalue weighted by molar-refractivity contribution is 5.63. The number of rotatable bonds is 3. The summed E-state index contributed by atoms with van der Waals surface area (Å²) in [5.74, 6) is 1.48. The maximum absolute atomic E-state index is 4.67. The summed E-state index contributed by atoms with van der Waals surface area (Å²) >= 11 is 0. The summed E-state index contributed by atoms with van der Waals surface area (Å²) in [7, 11) is 0. The maximum atomic E-state index is 4.67. The van der Waals surface area contributed by atoms with Crippen molar-refractivity contribution in [3.63, 3.8) is 0 Å². The summed E-state index contributed by atoms with van der Waals surface area (Å²) in [5, 5.41) is 3.77. The van der Waals surface area contributed by atoms with Gasteiger partial charge in [0.2, 0.25) is 0 Å². The van der Waals surface area contributed by atoms with E-state index < -0.39 is 0 Å². The van der Waals surface area contributed by atoms with Crippen molar-refractivity contribution in [1.82, 2.24) is 20.3 Å². The molecule has 3 unspecified atom stereocenters. The first-order valence-corrected chi connectivity index (χ1v) is 9.97. The Bertz CT molecular complexity index is 1020. The van der Waals surface area contributed by atoms with E-state index in [2.05, 4.69) is 81.8 Å². The molecule has 140 valence electrons. The molecule has 3 heterocycles. The highest BCUT2D eigenvalue weighted by Crippen LogP contribution is 2.36. The zero-order valence-electron chi connectivity index (χ0n) is 16.0. The fourth-order valence-electron chi connectivity index (χ4n) is 4.35. The third kappa shape index (κ3) is 3.32. The molecule has 0 aromatic heterocycles. The number of aromatic nitrogens is 3. The molecule has 0 bridgehead atoms. The van der Waals surface area contributed by atoms with Gasteiger partial charge < -0.3 is 10.3 Å². The van der Waals surface area contributed by atoms with Gasteiger partial charge >= 0.3 is 0 Å². The van der Waals surface area contributed by atoms with Gasteiger partial charge in [0, 0.05) is 24.2 Å². The van der Waals surface area contributed by atoms with Gasteiger partial charge in [-0.3, -0.25) is 4.98 Å². The van der Waals surface area contributed by atoms with Gasteiger partial charge in [0.1, 0.15) is 11.5 Å². The van der Waals surface area contributed by atoms with Crippen molar-refractivity contribution in [2.45, 2.75) is 37.8 Å². The van der Waals surface area contributed by atoms with Crippen molar-refractivity contribution in [1.29, 1.82) is 0 Å². The normalized spacial score (nSPS) is 22.4. The summed E-state index contributed by atoms with van der Waals surface area (Å²) in [5.41, 5.74) is 5.85. The van der Waals surface area contributed by atoms with Crippen molar-refractivity contribution < 1.29 is 0 Å². The van der Waals surface area contributed by atoms with E-state index in [9.17, 15) is 0 Å². The number of piperidine rings is 1. The van der Waals surface area contributed by atoms with E-state index >= 15 is 0 Å². The molecule has 4 nitrogen and oxygen atoms in total. The van der Waals surface area contributed by atoms with Crippen LogP contribution < -0.4 is 5.32 Å². The summed E-state index contributed by atoms with van der Waals surface area (Å²) in [6.45, 7) is 2.26. The molecule has 2 N–H and O–H groups in total. The third-order valence-corrected chi connectivity index (χ3v) is 5.77. The molecule has 0 aliphatic carbocycles. The summed E-state index contributed by atoms with van der Waals surface area (Å²) < 4.78 is 0. The minimum atomic E-state index is 0.335. The van der Waals surface area contributed by atoms with Crippen LogP contribution in [0.25, 0.3) is 22.5 Å². The second-order valence-electron chi connectivity index (χ2n) is 7.79. The van der Waals surface area contributed by atoms with Crippen molar-refractivity contribution in [3.8, 4) is 22.5 Å². The smallest absolute Gasteiger partial charge is 0.109 e. The standard InChI is InChI=1S/C24H24N4/c1-16-13-20(24-26-15-23-21(28-24)11-12-25-23)14-22(27-16)19-9-7-18(8-10-19)17-5-3-2-4-6-17/h2-12,15-16,20,22,27H,13-14H2,1H3,(H,26,28). The summed E-state index contributed by atoms with van der Waals surface area (Å²) in [6, 6.07) is 22.3. The molecule has 0 amide bonds. The summed E-state index contributed by atoms with van der Waals surface area (Å²) in [4.78, 5) is 12.5. The fourth-order valence-corrected chi connectivity index (χ4v) is 4.35. The number of hydrogen-bond donors (Lipinski definition) is 2. The monoisotopic (exact) mass is 368 g/mol. The lowest BCUT2D eigenvalue weighted by molar-refractivity contribution is 0.299. The first kappa shape index (κ1) is 17.1. The predicted molar refractivity (Wildman–Crippen MR) is 112 cm³/mol. The number of nitrogens with one attached hydrogen (secondary N) is 2. The molecule has 5 rings (SSSR count). The van der Waals surface area contributed by atoms with Gasteiger partial charge in [-0.2, -0.15) is 0 Å². The van der Waals surface area contributed by atoms with Crippen LogP contribution in [0.15, 0.2) is 73.1 Å². The van der Waals surface area contributed by atoms with Gasteiger partial charge in [0.05, 0.1) is 11.9 Å². The van der Waals surface area contributed by atoms with Gasteiger partial charge in [-0.05, 0) is 42.5 Å². The molecule has 2 aromatic carbocycles. The first-order valence-electron chi connectivity index (χ1n) is 9.97. The zero-order chi connectivity index (χ0) is 18.9. The van der Waals surface area contributed by atoms with E-state index in [0.717, 1.165) is 30.1 Å². The Morgan fingerprint density at radius 1 is 0.857 bits per heavy atom. The van der Waals surface area contributed by atoms with Crippen molar-refractivity contribution in [2.75, 3.05) is 0 Å². The van der Waals surface area contributed by atoms with Crippen molar-refractivity contribution >= 4 is 0 Å². The van der Waals surface area contributed by atoms with Crippen LogP contribution >= 0.6 is 0 Å². The van der Waals surface area contributed by atoms with Crippen LogP contribution in [-0.4, -0.2) is 21.0 Å². The Morgan fingerprint density at radius 2 is 1.64 bits per heavy atom. The van der Waals surface area contributed by atoms with Crippen LogP contribution in [0, 0.1) is 0 Å². The molecule has 3 aliphatic heterocycles. The minimum Gasteiger partial charge on any atom is -0.342 e. The Labute approximate surface area is 165 Å². The first-order chi connectivity index (χ1) is 13.8. The van der Waals surface area contributed by atoms with Crippen LogP contribution in [0.1, 0.15) is 43.1 Å². The SMILES string of the molecule is CC1CC(c2ncc3nccc-3[nH]2)CC(c2ccc(-c3ccccc3)cc2)N1. The number of fused-ring (bicyclic) bond motifs is 1. The lowest BCUT2D eigenvalue weighted by Gasteiger charge is -2.35. The predicted octanol–water partition coefficient (Wildman–Crippen LogP) is 5.17. The van der Waals surface area contributed by atoms with E-state index in [0.29, 0.717) is 18.0 Å². The Balaban J connectivity index is 1.39. The molecular formula is C24H24N4. The van der Waals surface area contributed by atoms with Crippen LogP contribution in [0.3, 0.4) is 0 Å². The maximum Gasteiger partial charge on any atom is 0.109 e. The Hall–Kier alpha value is -2.98. The molecule has 1 fully saturated rings. The number of nitrogens with zero attached hydrogens (tertiary/aromatic N) is 2. The molecule has 4 heteroatoms. The average molecular weight is 368 g/mol. The number of hydrogen-bond acceptors (Lipinski definition) is 3. The van der Waals surface area contributed by atoms with Crippen LogP contribution in [0.5, 0.6) is 0 Å². The van der Waals surface area contributed by atoms with Crippen molar-refractivity contribution in [3.05, 3.63) is 84.4 Å². The molecule has 3 aliphatic rings. The minimum absolute atomic E-state index is 0.335. The number of benzene rings is 2. The van der Waals surface area contributed by atoms with E-state index in [1.807, 2.05) is 18.5 Å². The molecule has 0 radical (unpaired) electrons. The quantitative estimate of drug-likeness (QED) is 0.524. The highest BCUT2D eigenvalue weighted by Gasteiger charge is 2.29. The number of aromatic amines is 1. The van der Waals surface area contributed by atoms with E-state index in [4.69, 9.17) is 0 Å². The fraction of sp³-hybridized carbons (Fsp3) is 0.250. The highest BCUT2D eigenvalue weighted by atomic mass is 15.0. The Morgan fingerprint density at radius 3 is 2.46 bits per heavy atom. The second-order valence-corrected chi connectivity index (χ2v) is 7.79. The van der Waals surface area contributed by atoms with Gasteiger partial charge in [-0.1, -0.05) is 54.6 Å². The van der Waals surface area contributed by atoms with Crippen LogP contribution in [-0.2, 0) is 0 Å². The van der Waals surface area contributed by atoms with Gasteiger partial charge in [0.15, 0.2) is 0 Å².